The van der Waals surface area contributed by atoms with Crippen LogP contribution in [0.1, 0.15) is 32.3 Å². The number of thioether (sulfide) groups is 1. The highest BCUT2D eigenvalue weighted by Crippen LogP contribution is 2.23. The number of thiocarbonyl (C=S) groups is 1. The van der Waals surface area contributed by atoms with Crippen molar-refractivity contribution in [3.63, 3.8) is 0 Å². The summed E-state index contributed by atoms with van der Waals surface area (Å²) in [7, 11) is 0. The number of anilines is 1. The summed E-state index contributed by atoms with van der Waals surface area (Å²) in [6.45, 7) is 9.27. The van der Waals surface area contributed by atoms with Gasteiger partial charge in [0.05, 0.1) is 0 Å². The highest BCUT2D eigenvalue weighted by atomic mass is 32.2. The number of nitrogens with one attached hydrogen (secondary N) is 2. The van der Waals surface area contributed by atoms with Gasteiger partial charge >= 0.3 is 0 Å². The molecular weight excluding hydrogens is 394 g/mol. The number of hydrogen-bond donors (Lipinski definition) is 2. The molecule has 1 fully saturated rings. The average molecular weight is 428 g/mol. The summed E-state index contributed by atoms with van der Waals surface area (Å²) >= 11 is 7.31. The van der Waals surface area contributed by atoms with E-state index in [9.17, 15) is 0 Å². The Morgan fingerprint density at radius 2 is 1.72 bits per heavy atom. The molecule has 3 rings (SSSR count). The fourth-order valence-corrected chi connectivity index (χ4v) is 5.12. The Balaban J connectivity index is 1.33. The Hall–Kier alpha value is -1.56. The maximum Gasteiger partial charge on any atom is 0.170 e. The lowest BCUT2D eigenvalue weighted by Crippen LogP contribution is -2.40. The van der Waals surface area contributed by atoms with Crippen molar-refractivity contribution < 1.29 is 0 Å². The number of benzene rings is 2. The molecule has 0 bridgehead atoms. The van der Waals surface area contributed by atoms with Crippen molar-refractivity contribution in [2.75, 3.05) is 31.5 Å². The first-order valence-electron chi connectivity index (χ1n) is 10.6. The van der Waals surface area contributed by atoms with Gasteiger partial charge in [0.2, 0.25) is 0 Å². The van der Waals surface area contributed by atoms with E-state index in [1.807, 2.05) is 11.8 Å². The molecule has 29 heavy (non-hydrogen) atoms. The van der Waals surface area contributed by atoms with Crippen LogP contribution in [0, 0.1) is 11.8 Å². The van der Waals surface area contributed by atoms with Gasteiger partial charge in [0.15, 0.2) is 5.11 Å². The molecule has 0 spiro atoms. The lowest BCUT2D eigenvalue weighted by atomic mass is 9.92. The van der Waals surface area contributed by atoms with E-state index in [1.165, 1.54) is 30.0 Å². The fraction of sp³-hybridized carbons (Fsp3) is 0.458. The third kappa shape index (κ3) is 8.00. The molecular formula is C24H33N3S2. The molecule has 2 aromatic rings. The van der Waals surface area contributed by atoms with Crippen molar-refractivity contribution in [1.29, 1.82) is 0 Å². The molecule has 1 saturated heterocycles. The average Bonchev–Trinajstić information content (AvgIpc) is 2.71. The standard InChI is InChI=1S/C24H33N3S2/c1-19-15-20(2)17-27(16-19)14-6-13-25-24(28)26-22-11-9-21(10-12-22)18-29-23-7-4-3-5-8-23/h3-5,7-12,19-20H,6,13-18H2,1-2H3,(H2,25,26,28)/t19-,20-/m0/s1. The van der Waals surface area contributed by atoms with E-state index >= 15 is 0 Å². The van der Waals surface area contributed by atoms with Gasteiger partial charge in [0, 0.05) is 36.0 Å². The summed E-state index contributed by atoms with van der Waals surface area (Å²) in [5.41, 5.74) is 2.35. The quantitative estimate of drug-likeness (QED) is 0.323. The predicted molar refractivity (Wildman–Crippen MR) is 131 cm³/mol. The first-order chi connectivity index (χ1) is 14.1. The van der Waals surface area contributed by atoms with Crippen molar-refractivity contribution in [2.45, 2.75) is 37.3 Å². The Bertz CT molecular complexity index is 738. The van der Waals surface area contributed by atoms with Crippen LogP contribution in [-0.4, -0.2) is 36.2 Å². The maximum atomic E-state index is 5.45. The van der Waals surface area contributed by atoms with E-state index in [-0.39, 0.29) is 0 Å². The van der Waals surface area contributed by atoms with Crippen molar-refractivity contribution in [3.05, 3.63) is 60.2 Å². The molecule has 0 saturated carbocycles. The number of piperidine rings is 1. The van der Waals surface area contributed by atoms with Gasteiger partial charge < -0.3 is 15.5 Å². The van der Waals surface area contributed by atoms with Crippen LogP contribution in [0.25, 0.3) is 0 Å². The summed E-state index contributed by atoms with van der Waals surface area (Å²) < 4.78 is 0. The highest BCUT2D eigenvalue weighted by Gasteiger charge is 2.20. The van der Waals surface area contributed by atoms with E-state index in [0.717, 1.165) is 42.8 Å². The van der Waals surface area contributed by atoms with Gasteiger partial charge in [0.1, 0.15) is 0 Å². The SMILES string of the molecule is C[C@H]1C[C@H](C)CN(CCCNC(=S)Nc2ccc(CSc3ccccc3)cc2)C1. The Kier molecular flexibility index (Phi) is 8.84. The van der Waals surface area contributed by atoms with Crippen LogP contribution in [0.5, 0.6) is 0 Å². The second-order valence-electron chi connectivity index (χ2n) is 8.24. The molecule has 3 nitrogen and oxygen atoms in total. The zero-order valence-electron chi connectivity index (χ0n) is 17.6. The van der Waals surface area contributed by atoms with Gasteiger partial charge in [-0.3, -0.25) is 0 Å². The number of hydrogen-bond acceptors (Lipinski definition) is 3. The molecule has 0 aliphatic carbocycles. The summed E-state index contributed by atoms with van der Waals surface area (Å²) in [6.07, 6.45) is 2.49. The second-order valence-corrected chi connectivity index (χ2v) is 9.70. The molecule has 5 heteroatoms. The molecule has 2 atom stereocenters. The zero-order chi connectivity index (χ0) is 20.5. The van der Waals surface area contributed by atoms with E-state index in [0.29, 0.717) is 5.11 Å². The summed E-state index contributed by atoms with van der Waals surface area (Å²) in [6, 6.07) is 19.0. The van der Waals surface area contributed by atoms with Crippen LogP contribution in [-0.2, 0) is 5.75 Å². The maximum absolute atomic E-state index is 5.45. The lowest BCUT2D eigenvalue weighted by molar-refractivity contribution is 0.140. The van der Waals surface area contributed by atoms with Crippen LogP contribution in [0.4, 0.5) is 5.69 Å². The third-order valence-corrected chi connectivity index (χ3v) is 6.57. The van der Waals surface area contributed by atoms with Gasteiger partial charge in [-0.15, -0.1) is 11.8 Å². The molecule has 1 heterocycles. The van der Waals surface area contributed by atoms with Gasteiger partial charge in [0.25, 0.3) is 0 Å². The van der Waals surface area contributed by atoms with Gasteiger partial charge in [-0.2, -0.15) is 0 Å². The molecule has 1 aliphatic heterocycles. The first-order valence-corrected chi connectivity index (χ1v) is 12.0. The van der Waals surface area contributed by atoms with Crippen LogP contribution in [0.15, 0.2) is 59.5 Å². The van der Waals surface area contributed by atoms with Crippen LogP contribution < -0.4 is 10.6 Å². The largest absolute Gasteiger partial charge is 0.362 e. The predicted octanol–water partition coefficient (Wildman–Crippen LogP) is 5.63. The summed E-state index contributed by atoms with van der Waals surface area (Å²) in [5.74, 6) is 2.62. The van der Waals surface area contributed by atoms with Gasteiger partial charge in [-0.05, 0) is 73.3 Å². The van der Waals surface area contributed by atoms with Crippen molar-refractivity contribution in [3.8, 4) is 0 Å². The second kappa shape index (κ2) is 11.6. The first kappa shape index (κ1) is 22.1. The summed E-state index contributed by atoms with van der Waals surface area (Å²) in [4.78, 5) is 3.90. The number of rotatable bonds is 8. The smallest absolute Gasteiger partial charge is 0.170 e. The molecule has 1 aliphatic rings. The van der Waals surface area contributed by atoms with Crippen molar-refractivity contribution in [2.24, 2.45) is 11.8 Å². The highest BCUT2D eigenvalue weighted by molar-refractivity contribution is 7.98. The van der Waals surface area contributed by atoms with Gasteiger partial charge in [-0.1, -0.05) is 44.2 Å². The minimum Gasteiger partial charge on any atom is -0.362 e. The van der Waals surface area contributed by atoms with Crippen LogP contribution in [0.2, 0.25) is 0 Å². The molecule has 156 valence electrons. The molecule has 0 radical (unpaired) electrons. The monoisotopic (exact) mass is 427 g/mol. The van der Waals surface area contributed by atoms with E-state index in [1.54, 1.807) is 0 Å². The molecule has 0 unspecified atom stereocenters. The minimum atomic E-state index is 0.705. The van der Waals surface area contributed by atoms with Crippen LogP contribution >= 0.6 is 24.0 Å². The summed E-state index contributed by atoms with van der Waals surface area (Å²) in [5, 5.41) is 7.34. The minimum absolute atomic E-state index is 0.705. The van der Waals surface area contributed by atoms with E-state index in [2.05, 4.69) is 84.0 Å². The Morgan fingerprint density at radius 1 is 1.03 bits per heavy atom. The third-order valence-electron chi connectivity index (χ3n) is 5.24. The Morgan fingerprint density at radius 3 is 2.41 bits per heavy atom. The topological polar surface area (TPSA) is 27.3 Å². The van der Waals surface area contributed by atoms with Crippen molar-refractivity contribution >= 4 is 34.8 Å². The number of likely N-dealkylation sites (tertiary alicyclic amines) is 1. The Labute approximate surface area is 185 Å². The van der Waals surface area contributed by atoms with Gasteiger partial charge in [-0.25, -0.2) is 0 Å². The molecule has 0 aromatic heterocycles. The zero-order valence-corrected chi connectivity index (χ0v) is 19.2. The normalized spacial score (nSPS) is 19.7. The number of nitrogens with zero attached hydrogens (tertiary/aromatic N) is 1. The molecule has 2 N–H and O–H groups in total. The van der Waals surface area contributed by atoms with E-state index in [4.69, 9.17) is 12.2 Å². The van der Waals surface area contributed by atoms with E-state index < -0.39 is 0 Å². The molecule has 0 amide bonds. The fourth-order valence-electron chi connectivity index (χ4n) is 4.02. The van der Waals surface area contributed by atoms with Crippen molar-refractivity contribution in [1.82, 2.24) is 10.2 Å². The lowest BCUT2D eigenvalue weighted by Gasteiger charge is -2.34. The molecule has 2 aromatic carbocycles. The van der Waals surface area contributed by atoms with Crippen LogP contribution in [0.3, 0.4) is 0 Å².